The highest BCUT2D eigenvalue weighted by Crippen LogP contribution is 2.37. The first-order valence-corrected chi connectivity index (χ1v) is 27.9. The van der Waals surface area contributed by atoms with Gasteiger partial charge in [-0.25, -0.2) is 0 Å². The number of aliphatic hydroxyl groups excluding tert-OH is 8. The monoisotopic (exact) mass is 1070 g/mol. The minimum Gasteiger partial charge on any atom is -0.457 e. The Bertz CT molecular complexity index is 1530. The highest BCUT2D eigenvalue weighted by Gasteiger charge is 2.57. The van der Waals surface area contributed by atoms with Gasteiger partial charge in [0, 0.05) is 26.6 Å². The second-order valence-electron chi connectivity index (χ2n) is 20.8. The molecule has 0 aliphatic carbocycles. The summed E-state index contributed by atoms with van der Waals surface area (Å²) in [5, 5.41) is 88.7. The molecule has 0 aromatic heterocycles. The van der Waals surface area contributed by atoms with Crippen molar-refractivity contribution in [3.8, 4) is 0 Å². The summed E-state index contributed by atoms with van der Waals surface area (Å²) >= 11 is 0. The molecule has 434 valence electrons. The van der Waals surface area contributed by atoms with E-state index in [9.17, 15) is 50.4 Å². The lowest BCUT2D eigenvalue weighted by Gasteiger charge is -2.50. The first kappa shape index (κ1) is 64.9. The van der Waals surface area contributed by atoms with Crippen LogP contribution in [0.2, 0.25) is 0 Å². The number of esters is 1. The van der Waals surface area contributed by atoms with Gasteiger partial charge in [-0.2, -0.15) is 0 Å². The van der Waals surface area contributed by atoms with Gasteiger partial charge in [-0.3, -0.25) is 4.79 Å². The van der Waals surface area contributed by atoms with Crippen LogP contribution in [0, 0.1) is 0 Å². The number of rotatable bonds is 35. The van der Waals surface area contributed by atoms with E-state index in [1.165, 1.54) is 20.3 Å². The number of Topliss-reactive ketones (excluding diaryl/α,β-unsaturated/α-hetero) is 1. The molecule has 4 heterocycles. The second-order valence-corrected chi connectivity index (χ2v) is 20.8. The third-order valence-corrected chi connectivity index (χ3v) is 14.4. The van der Waals surface area contributed by atoms with E-state index in [-0.39, 0.29) is 19.0 Å². The molecule has 0 radical (unpaired) electrons. The standard InChI is InChI=1S/C53H96O21/c1-8-11-14-15-16-19-22-25-35(26-23-20-17-18-21-24-31(4)55)70-52-47(42(61)40(59)36(29-54)71-52)73-53-49(74-51-44(63)46(64-27-12-9-2)39(58)33(6)68-51)48(65-28-13-10-3)45(69-34(7)56)37(72-53)30-66-50-43(62)41(60)38(57)32(5)67-50/h32-33,35-54,57-63H,8-30H2,1-7H3. The van der Waals surface area contributed by atoms with Crippen LogP contribution in [-0.4, -0.2) is 208 Å². The average Bonchev–Trinajstić information content (AvgIpc) is 3.36. The van der Waals surface area contributed by atoms with Gasteiger partial charge in [0.1, 0.15) is 85.1 Å². The summed E-state index contributed by atoms with van der Waals surface area (Å²) in [5.41, 5.74) is 0. The number of carbonyl (C=O) groups is 2. The van der Waals surface area contributed by atoms with Crippen molar-refractivity contribution in [2.45, 2.75) is 299 Å². The van der Waals surface area contributed by atoms with Gasteiger partial charge in [0.15, 0.2) is 31.3 Å². The Hall–Kier alpha value is -1.58. The molecule has 74 heavy (non-hydrogen) atoms. The van der Waals surface area contributed by atoms with Crippen molar-refractivity contribution < 1.29 is 103 Å². The molecule has 4 aliphatic rings. The highest BCUT2D eigenvalue weighted by molar-refractivity contribution is 5.75. The van der Waals surface area contributed by atoms with Crippen molar-refractivity contribution in [1.82, 2.24) is 0 Å². The van der Waals surface area contributed by atoms with Crippen LogP contribution >= 0.6 is 0 Å². The molecular formula is C53H96O21. The normalized spacial score (nSPS) is 37.2. The zero-order valence-electron chi connectivity index (χ0n) is 45.3. The molecule has 0 saturated carbocycles. The Morgan fingerprint density at radius 3 is 1.61 bits per heavy atom. The SMILES string of the molecule is CCCCCCCCCC(CCCCCCCC(C)=O)OC1OC(CO)C(O)C(O)C1OC1OC(COC2OC(C)C(O)C(O)C2O)C(OC(C)=O)C(OCCCC)C1OC1OC(C)C(O)C(OCCCC)C1O. The molecule has 21 heteroatoms. The molecule has 4 aliphatic heterocycles. The van der Waals surface area contributed by atoms with Crippen LogP contribution in [0.4, 0.5) is 0 Å². The summed E-state index contributed by atoms with van der Waals surface area (Å²) < 4.78 is 69.4. The molecule has 21 unspecified atom stereocenters. The summed E-state index contributed by atoms with van der Waals surface area (Å²) in [6.45, 7) is 11.1. The van der Waals surface area contributed by atoms with E-state index in [0.717, 1.165) is 77.0 Å². The van der Waals surface area contributed by atoms with Crippen LogP contribution in [0.25, 0.3) is 0 Å². The summed E-state index contributed by atoms with van der Waals surface area (Å²) in [6, 6.07) is 0. The quantitative estimate of drug-likeness (QED) is 0.0333. The Morgan fingerprint density at radius 2 is 1.01 bits per heavy atom. The minimum atomic E-state index is -1.76. The van der Waals surface area contributed by atoms with E-state index in [4.69, 9.17) is 52.1 Å². The van der Waals surface area contributed by atoms with Crippen molar-refractivity contribution in [2.24, 2.45) is 0 Å². The number of ether oxygens (including phenoxy) is 11. The maximum Gasteiger partial charge on any atom is 0.303 e. The molecule has 0 amide bonds. The molecule has 21 atom stereocenters. The maximum atomic E-state index is 13.0. The molecule has 0 bridgehead atoms. The first-order valence-electron chi connectivity index (χ1n) is 27.9. The molecule has 4 fully saturated rings. The van der Waals surface area contributed by atoms with E-state index in [1.54, 1.807) is 13.8 Å². The second kappa shape index (κ2) is 34.4. The fourth-order valence-electron chi connectivity index (χ4n) is 9.86. The molecule has 21 nitrogen and oxygen atoms in total. The third kappa shape index (κ3) is 20.0. The van der Waals surface area contributed by atoms with Crippen LogP contribution in [0.5, 0.6) is 0 Å². The van der Waals surface area contributed by atoms with Crippen molar-refractivity contribution >= 4 is 11.8 Å². The van der Waals surface area contributed by atoms with E-state index < -0.39 is 148 Å². The van der Waals surface area contributed by atoms with E-state index in [2.05, 4.69) is 6.92 Å². The summed E-state index contributed by atoms with van der Waals surface area (Å²) in [7, 11) is 0. The minimum absolute atomic E-state index is 0.0892. The van der Waals surface area contributed by atoms with Crippen molar-refractivity contribution in [3.05, 3.63) is 0 Å². The van der Waals surface area contributed by atoms with Crippen LogP contribution in [-0.2, 0) is 61.7 Å². The zero-order chi connectivity index (χ0) is 54.3. The highest BCUT2D eigenvalue weighted by atomic mass is 16.8. The van der Waals surface area contributed by atoms with Crippen LogP contribution in [0.1, 0.15) is 170 Å². The van der Waals surface area contributed by atoms with Gasteiger partial charge < -0.3 is 97.8 Å². The predicted molar refractivity (Wildman–Crippen MR) is 266 cm³/mol. The Balaban J connectivity index is 1.75. The fraction of sp³-hybridized carbons (Fsp3) is 0.962. The topological polar surface area (TPSA) is 298 Å². The van der Waals surface area contributed by atoms with Crippen molar-refractivity contribution in [3.63, 3.8) is 0 Å². The van der Waals surface area contributed by atoms with Gasteiger partial charge in [0.05, 0.1) is 31.5 Å². The van der Waals surface area contributed by atoms with Gasteiger partial charge in [0.2, 0.25) is 0 Å². The lowest BCUT2D eigenvalue weighted by atomic mass is 9.95. The predicted octanol–water partition coefficient (Wildman–Crippen LogP) is 3.38. The Morgan fingerprint density at radius 1 is 0.473 bits per heavy atom. The third-order valence-electron chi connectivity index (χ3n) is 14.4. The molecule has 8 N–H and O–H groups in total. The number of ketones is 1. The Kier molecular flexibility index (Phi) is 30.2. The molecular weight excluding hydrogens is 973 g/mol. The zero-order valence-corrected chi connectivity index (χ0v) is 45.3. The largest absolute Gasteiger partial charge is 0.457 e. The fourth-order valence-corrected chi connectivity index (χ4v) is 9.86. The van der Waals surface area contributed by atoms with Gasteiger partial charge in [0.25, 0.3) is 0 Å². The summed E-state index contributed by atoms with van der Waals surface area (Å²) in [4.78, 5) is 24.5. The average molecular weight is 1070 g/mol. The van der Waals surface area contributed by atoms with Crippen LogP contribution in [0.3, 0.4) is 0 Å². The Labute approximate surface area is 439 Å². The molecule has 4 rings (SSSR count). The van der Waals surface area contributed by atoms with Crippen molar-refractivity contribution in [1.29, 1.82) is 0 Å². The smallest absolute Gasteiger partial charge is 0.303 e. The van der Waals surface area contributed by atoms with E-state index in [0.29, 0.717) is 38.5 Å². The number of hydrogen-bond donors (Lipinski definition) is 8. The van der Waals surface area contributed by atoms with Gasteiger partial charge >= 0.3 is 5.97 Å². The molecule has 0 aromatic carbocycles. The van der Waals surface area contributed by atoms with Crippen LogP contribution < -0.4 is 0 Å². The summed E-state index contributed by atoms with van der Waals surface area (Å²) in [5.74, 6) is -0.593. The lowest BCUT2D eigenvalue weighted by Crippen LogP contribution is -2.68. The maximum absolute atomic E-state index is 13.0. The van der Waals surface area contributed by atoms with Gasteiger partial charge in [-0.05, 0) is 52.9 Å². The number of hydrogen-bond acceptors (Lipinski definition) is 21. The number of carbonyl (C=O) groups excluding carboxylic acids is 2. The molecule has 0 aromatic rings. The summed E-state index contributed by atoms with van der Waals surface area (Å²) in [6.07, 6.45) is -12.8. The number of aliphatic hydroxyl groups is 8. The van der Waals surface area contributed by atoms with Crippen LogP contribution in [0.15, 0.2) is 0 Å². The van der Waals surface area contributed by atoms with E-state index >= 15 is 0 Å². The first-order chi connectivity index (χ1) is 35.5. The molecule has 0 spiro atoms. The van der Waals surface area contributed by atoms with Crippen molar-refractivity contribution in [2.75, 3.05) is 26.4 Å². The number of unbranched alkanes of at least 4 members (excludes halogenated alkanes) is 12. The van der Waals surface area contributed by atoms with Gasteiger partial charge in [-0.15, -0.1) is 0 Å². The molecule has 4 saturated heterocycles. The lowest BCUT2D eigenvalue weighted by molar-refractivity contribution is -0.400. The van der Waals surface area contributed by atoms with Gasteiger partial charge in [-0.1, -0.05) is 104 Å². The van der Waals surface area contributed by atoms with E-state index in [1.807, 2.05) is 13.8 Å².